The van der Waals surface area contributed by atoms with E-state index in [0.29, 0.717) is 27.8 Å². The minimum atomic E-state index is -0.381. The zero-order valence-corrected chi connectivity index (χ0v) is 14.0. The molecule has 0 spiro atoms. The zero-order chi connectivity index (χ0) is 17.5. The van der Waals surface area contributed by atoms with Gasteiger partial charge in [0.1, 0.15) is 11.5 Å². The second-order valence-corrected chi connectivity index (χ2v) is 5.24. The number of anilines is 1. The van der Waals surface area contributed by atoms with E-state index in [2.05, 4.69) is 10.6 Å². The molecule has 0 saturated carbocycles. The average Bonchev–Trinajstić information content (AvgIpc) is 2.60. The van der Waals surface area contributed by atoms with Crippen molar-refractivity contribution < 1.29 is 19.1 Å². The molecule has 2 N–H and O–H groups in total. The number of rotatable bonds is 6. The molecule has 0 aliphatic heterocycles. The van der Waals surface area contributed by atoms with Crippen LogP contribution in [-0.4, -0.2) is 32.6 Å². The predicted molar refractivity (Wildman–Crippen MR) is 92.0 cm³/mol. The average molecular weight is 349 g/mol. The highest BCUT2D eigenvalue weighted by Crippen LogP contribution is 2.28. The SMILES string of the molecule is COc1ccc(NC(=O)CNC(=O)c2cccc(Cl)c2)c(OC)c1. The first-order valence-corrected chi connectivity index (χ1v) is 7.47. The Labute approximate surface area is 144 Å². The fourth-order valence-electron chi connectivity index (χ4n) is 1.99. The summed E-state index contributed by atoms with van der Waals surface area (Å²) in [5.74, 6) is 0.311. The first kappa shape index (κ1) is 17.6. The highest BCUT2D eigenvalue weighted by Gasteiger charge is 2.11. The van der Waals surface area contributed by atoms with Crippen molar-refractivity contribution in [3.63, 3.8) is 0 Å². The summed E-state index contributed by atoms with van der Waals surface area (Å²) in [6.07, 6.45) is 0. The van der Waals surface area contributed by atoms with Crippen LogP contribution >= 0.6 is 11.6 Å². The van der Waals surface area contributed by atoms with E-state index in [1.165, 1.54) is 13.2 Å². The summed E-state index contributed by atoms with van der Waals surface area (Å²) in [6.45, 7) is -0.180. The van der Waals surface area contributed by atoms with Gasteiger partial charge in [-0.25, -0.2) is 0 Å². The minimum absolute atomic E-state index is 0.180. The number of hydrogen-bond donors (Lipinski definition) is 2. The highest BCUT2D eigenvalue weighted by molar-refractivity contribution is 6.31. The molecule has 2 amide bonds. The third kappa shape index (κ3) is 4.63. The van der Waals surface area contributed by atoms with E-state index in [4.69, 9.17) is 21.1 Å². The van der Waals surface area contributed by atoms with Crippen LogP contribution in [0, 0.1) is 0 Å². The maximum absolute atomic E-state index is 12.0. The van der Waals surface area contributed by atoms with E-state index >= 15 is 0 Å². The van der Waals surface area contributed by atoms with Gasteiger partial charge in [-0.2, -0.15) is 0 Å². The lowest BCUT2D eigenvalue weighted by Gasteiger charge is -2.12. The first-order valence-electron chi connectivity index (χ1n) is 7.09. The fourth-order valence-corrected chi connectivity index (χ4v) is 2.18. The van der Waals surface area contributed by atoms with E-state index < -0.39 is 0 Å². The quantitative estimate of drug-likeness (QED) is 0.841. The lowest BCUT2D eigenvalue weighted by molar-refractivity contribution is -0.115. The van der Waals surface area contributed by atoms with Gasteiger partial charge in [0.05, 0.1) is 26.5 Å². The Balaban J connectivity index is 1.95. The van der Waals surface area contributed by atoms with Gasteiger partial charge in [-0.05, 0) is 30.3 Å². The molecule has 7 heteroatoms. The Morgan fingerprint density at radius 2 is 1.88 bits per heavy atom. The van der Waals surface area contributed by atoms with Crippen LogP contribution in [0.4, 0.5) is 5.69 Å². The first-order chi connectivity index (χ1) is 11.5. The molecule has 0 aliphatic carbocycles. The van der Waals surface area contributed by atoms with E-state index in [1.54, 1.807) is 43.5 Å². The minimum Gasteiger partial charge on any atom is -0.497 e. The van der Waals surface area contributed by atoms with Crippen molar-refractivity contribution in [3.05, 3.63) is 53.1 Å². The van der Waals surface area contributed by atoms with Crippen LogP contribution < -0.4 is 20.1 Å². The number of hydrogen-bond acceptors (Lipinski definition) is 4. The van der Waals surface area contributed by atoms with Crippen molar-refractivity contribution in [1.82, 2.24) is 5.32 Å². The molecule has 2 aromatic carbocycles. The standard InChI is InChI=1S/C17H17ClN2O4/c1-23-13-6-7-14(15(9-13)24-2)20-16(21)10-19-17(22)11-4-3-5-12(18)8-11/h3-9H,10H2,1-2H3,(H,19,22)(H,20,21). The number of methoxy groups -OCH3 is 2. The smallest absolute Gasteiger partial charge is 0.251 e. The fraction of sp³-hybridized carbons (Fsp3) is 0.176. The normalized spacial score (nSPS) is 9.96. The van der Waals surface area contributed by atoms with Crippen LogP contribution in [0.5, 0.6) is 11.5 Å². The summed E-state index contributed by atoms with van der Waals surface area (Å²) in [4.78, 5) is 24.0. The van der Waals surface area contributed by atoms with E-state index in [-0.39, 0.29) is 18.4 Å². The summed E-state index contributed by atoms with van der Waals surface area (Å²) in [7, 11) is 3.03. The summed E-state index contributed by atoms with van der Waals surface area (Å²) < 4.78 is 10.3. The second kappa shape index (κ2) is 8.21. The number of carbonyl (C=O) groups excluding carboxylic acids is 2. The highest BCUT2D eigenvalue weighted by atomic mass is 35.5. The molecular formula is C17H17ClN2O4. The molecule has 0 aliphatic rings. The van der Waals surface area contributed by atoms with E-state index in [0.717, 1.165) is 0 Å². The lowest BCUT2D eigenvalue weighted by atomic mass is 10.2. The van der Waals surface area contributed by atoms with Crippen LogP contribution in [-0.2, 0) is 4.79 Å². The number of benzene rings is 2. The Hall–Kier alpha value is -2.73. The number of ether oxygens (including phenoxy) is 2. The third-order valence-electron chi connectivity index (χ3n) is 3.18. The van der Waals surface area contributed by atoms with Crippen molar-refractivity contribution in [3.8, 4) is 11.5 Å². The third-order valence-corrected chi connectivity index (χ3v) is 3.41. The van der Waals surface area contributed by atoms with Crippen LogP contribution in [0.2, 0.25) is 5.02 Å². The number of nitrogens with one attached hydrogen (secondary N) is 2. The zero-order valence-electron chi connectivity index (χ0n) is 13.3. The summed E-state index contributed by atoms with van der Waals surface area (Å²) in [6, 6.07) is 11.5. The van der Waals surface area contributed by atoms with E-state index in [1.807, 2.05) is 0 Å². The van der Waals surface area contributed by atoms with Crippen LogP contribution in [0.25, 0.3) is 0 Å². The molecule has 0 saturated heterocycles. The monoisotopic (exact) mass is 348 g/mol. The van der Waals surface area contributed by atoms with Gasteiger partial charge in [0.2, 0.25) is 5.91 Å². The van der Waals surface area contributed by atoms with Gasteiger partial charge in [-0.3, -0.25) is 9.59 Å². The molecule has 2 rings (SSSR count). The molecular weight excluding hydrogens is 332 g/mol. The molecule has 0 radical (unpaired) electrons. The van der Waals surface area contributed by atoms with Crippen molar-refractivity contribution in [2.24, 2.45) is 0 Å². The molecule has 24 heavy (non-hydrogen) atoms. The summed E-state index contributed by atoms with van der Waals surface area (Å²) in [5, 5.41) is 5.66. The maximum atomic E-state index is 12.0. The van der Waals surface area contributed by atoms with Crippen molar-refractivity contribution in [1.29, 1.82) is 0 Å². The van der Waals surface area contributed by atoms with Gasteiger partial charge in [0.15, 0.2) is 0 Å². The molecule has 0 heterocycles. The summed E-state index contributed by atoms with van der Waals surface area (Å²) >= 11 is 5.83. The van der Waals surface area contributed by atoms with Crippen molar-refractivity contribution in [2.75, 3.05) is 26.1 Å². The van der Waals surface area contributed by atoms with Gasteiger partial charge in [0.25, 0.3) is 5.91 Å². The number of halogens is 1. The van der Waals surface area contributed by atoms with Gasteiger partial charge in [0, 0.05) is 16.7 Å². The van der Waals surface area contributed by atoms with Gasteiger partial charge in [-0.15, -0.1) is 0 Å². The molecule has 2 aromatic rings. The van der Waals surface area contributed by atoms with Gasteiger partial charge >= 0.3 is 0 Å². The van der Waals surface area contributed by atoms with Gasteiger partial charge in [-0.1, -0.05) is 17.7 Å². The predicted octanol–water partition coefficient (Wildman–Crippen LogP) is 2.73. The molecule has 0 unspecified atom stereocenters. The van der Waals surface area contributed by atoms with Crippen LogP contribution in [0.15, 0.2) is 42.5 Å². The van der Waals surface area contributed by atoms with Gasteiger partial charge < -0.3 is 20.1 Å². The number of amides is 2. The number of carbonyl (C=O) groups is 2. The van der Waals surface area contributed by atoms with Crippen molar-refractivity contribution >= 4 is 29.1 Å². The molecule has 0 bridgehead atoms. The van der Waals surface area contributed by atoms with Crippen LogP contribution in [0.1, 0.15) is 10.4 Å². The maximum Gasteiger partial charge on any atom is 0.251 e. The van der Waals surface area contributed by atoms with E-state index in [9.17, 15) is 9.59 Å². The Morgan fingerprint density at radius 1 is 1.08 bits per heavy atom. The molecule has 0 atom stereocenters. The molecule has 126 valence electrons. The topological polar surface area (TPSA) is 76.7 Å². The Kier molecular flexibility index (Phi) is 6.03. The van der Waals surface area contributed by atoms with Crippen LogP contribution in [0.3, 0.4) is 0 Å². The summed E-state index contributed by atoms with van der Waals surface area (Å²) in [5.41, 5.74) is 0.873. The lowest BCUT2D eigenvalue weighted by Crippen LogP contribution is -2.32. The molecule has 6 nitrogen and oxygen atoms in total. The molecule has 0 fully saturated rings. The van der Waals surface area contributed by atoms with Crippen molar-refractivity contribution in [2.45, 2.75) is 0 Å². The Morgan fingerprint density at radius 3 is 2.54 bits per heavy atom. The Bertz CT molecular complexity index is 749. The second-order valence-electron chi connectivity index (χ2n) is 4.81. The molecule has 0 aromatic heterocycles. The largest absolute Gasteiger partial charge is 0.497 e.